The van der Waals surface area contributed by atoms with Gasteiger partial charge in [-0.05, 0) is 67.1 Å². The second-order valence-corrected chi connectivity index (χ2v) is 8.78. The molecule has 0 amide bonds. The molecule has 1 heterocycles. The van der Waals surface area contributed by atoms with Crippen LogP contribution in [0, 0.1) is 18.6 Å². The molecular formula is C27H22F2O3. The van der Waals surface area contributed by atoms with Crippen molar-refractivity contribution in [2.75, 3.05) is 0 Å². The molecule has 5 rings (SSSR count). The van der Waals surface area contributed by atoms with Gasteiger partial charge in [-0.25, -0.2) is 8.78 Å². The molecule has 0 aromatic heterocycles. The highest BCUT2D eigenvalue weighted by molar-refractivity contribution is 6.02. The van der Waals surface area contributed by atoms with Gasteiger partial charge >= 0.3 is 0 Å². The summed E-state index contributed by atoms with van der Waals surface area (Å²) in [7, 11) is 0. The number of carbonyl (C=O) groups excluding carboxylic acids is 2. The Balaban J connectivity index is 1.41. The molecule has 1 aliphatic carbocycles. The number of carbonyl (C=O) groups is 2. The Morgan fingerprint density at radius 2 is 1.69 bits per heavy atom. The van der Waals surface area contributed by atoms with Crippen molar-refractivity contribution in [2.24, 2.45) is 0 Å². The highest BCUT2D eigenvalue weighted by Gasteiger charge is 2.45. The topological polar surface area (TPSA) is 43.4 Å². The average molecular weight is 432 g/mol. The summed E-state index contributed by atoms with van der Waals surface area (Å²) in [6, 6.07) is 14.3. The summed E-state index contributed by atoms with van der Waals surface area (Å²) < 4.78 is 34.0. The van der Waals surface area contributed by atoms with Gasteiger partial charge in [-0.3, -0.25) is 9.59 Å². The Bertz CT molecular complexity index is 1220. The van der Waals surface area contributed by atoms with Gasteiger partial charge in [-0.1, -0.05) is 30.3 Å². The molecule has 3 aromatic rings. The second kappa shape index (κ2) is 7.66. The number of ether oxygens (including phenoxy) is 1. The zero-order chi connectivity index (χ0) is 22.5. The van der Waals surface area contributed by atoms with Crippen LogP contribution in [0.1, 0.15) is 57.5 Å². The van der Waals surface area contributed by atoms with Gasteiger partial charge in [-0.15, -0.1) is 0 Å². The predicted molar refractivity (Wildman–Crippen MR) is 117 cm³/mol. The molecule has 1 saturated carbocycles. The smallest absolute Gasteiger partial charge is 0.170 e. The number of ketones is 2. The zero-order valence-corrected chi connectivity index (χ0v) is 17.7. The van der Waals surface area contributed by atoms with E-state index in [0.29, 0.717) is 23.3 Å². The van der Waals surface area contributed by atoms with Crippen LogP contribution in [0.4, 0.5) is 8.78 Å². The van der Waals surface area contributed by atoms with Gasteiger partial charge in [0, 0.05) is 17.5 Å². The molecule has 3 aromatic carbocycles. The summed E-state index contributed by atoms with van der Waals surface area (Å²) in [5.74, 6) is -1.06. The first-order valence-electron chi connectivity index (χ1n) is 10.8. The van der Waals surface area contributed by atoms with Crippen LogP contribution in [-0.2, 0) is 6.42 Å². The van der Waals surface area contributed by atoms with E-state index in [4.69, 9.17) is 4.74 Å². The van der Waals surface area contributed by atoms with E-state index < -0.39 is 11.6 Å². The van der Waals surface area contributed by atoms with E-state index in [2.05, 4.69) is 0 Å². The van der Waals surface area contributed by atoms with Crippen LogP contribution in [0.5, 0.6) is 5.75 Å². The largest absolute Gasteiger partial charge is 0.486 e. The molecule has 0 bridgehead atoms. The van der Waals surface area contributed by atoms with Crippen molar-refractivity contribution in [1.29, 1.82) is 0 Å². The first-order chi connectivity index (χ1) is 15.3. The summed E-state index contributed by atoms with van der Waals surface area (Å²) in [6.07, 6.45) is 2.99. The molecule has 2 aliphatic rings. The van der Waals surface area contributed by atoms with E-state index in [1.165, 1.54) is 6.07 Å². The Morgan fingerprint density at radius 3 is 2.31 bits per heavy atom. The van der Waals surface area contributed by atoms with E-state index in [-0.39, 0.29) is 29.2 Å². The van der Waals surface area contributed by atoms with E-state index in [1.807, 2.05) is 31.2 Å². The van der Waals surface area contributed by atoms with Crippen molar-refractivity contribution in [3.8, 4) is 16.9 Å². The molecule has 0 N–H and O–H groups in total. The Hall–Kier alpha value is -3.34. The van der Waals surface area contributed by atoms with Crippen molar-refractivity contribution in [3.63, 3.8) is 0 Å². The highest BCUT2D eigenvalue weighted by atomic mass is 19.1. The fourth-order valence-corrected chi connectivity index (χ4v) is 4.61. The van der Waals surface area contributed by atoms with Crippen molar-refractivity contribution in [3.05, 3.63) is 88.5 Å². The average Bonchev–Trinajstić information content (AvgIpc) is 2.75. The minimum Gasteiger partial charge on any atom is -0.486 e. The molecule has 0 radical (unpaired) electrons. The Labute approximate surface area is 185 Å². The predicted octanol–water partition coefficient (Wildman–Crippen LogP) is 6.25. The van der Waals surface area contributed by atoms with E-state index in [1.54, 1.807) is 12.1 Å². The maximum absolute atomic E-state index is 13.9. The van der Waals surface area contributed by atoms with Gasteiger partial charge in [0.2, 0.25) is 0 Å². The van der Waals surface area contributed by atoms with Crippen LogP contribution in [-0.4, -0.2) is 17.2 Å². The lowest BCUT2D eigenvalue weighted by Crippen LogP contribution is -2.47. The van der Waals surface area contributed by atoms with Crippen LogP contribution >= 0.6 is 0 Å². The van der Waals surface area contributed by atoms with Gasteiger partial charge < -0.3 is 4.74 Å². The van der Waals surface area contributed by atoms with Gasteiger partial charge in [0.25, 0.3) is 0 Å². The quantitative estimate of drug-likeness (QED) is 0.458. The summed E-state index contributed by atoms with van der Waals surface area (Å²) in [5.41, 5.74) is 3.19. The van der Waals surface area contributed by atoms with Gasteiger partial charge in [0.1, 0.15) is 23.0 Å². The number of rotatable bonds is 4. The van der Waals surface area contributed by atoms with Gasteiger partial charge in [0.05, 0.1) is 12.0 Å². The third-order valence-corrected chi connectivity index (χ3v) is 6.62. The van der Waals surface area contributed by atoms with Crippen LogP contribution in [0.2, 0.25) is 0 Å². The van der Waals surface area contributed by atoms with Crippen LogP contribution in [0.15, 0.2) is 54.6 Å². The maximum Gasteiger partial charge on any atom is 0.170 e. The molecule has 162 valence electrons. The summed E-state index contributed by atoms with van der Waals surface area (Å²) in [6.45, 7) is 1.94. The number of fused-ring (bicyclic) bond motifs is 1. The fraction of sp³-hybridized carbons (Fsp3) is 0.259. The molecule has 0 saturated heterocycles. The maximum atomic E-state index is 13.9. The molecule has 32 heavy (non-hydrogen) atoms. The zero-order valence-electron chi connectivity index (χ0n) is 17.7. The summed E-state index contributed by atoms with van der Waals surface area (Å²) >= 11 is 0. The molecule has 0 atom stereocenters. The third-order valence-electron chi connectivity index (χ3n) is 6.62. The van der Waals surface area contributed by atoms with Crippen molar-refractivity contribution in [2.45, 2.75) is 44.6 Å². The standard InChI is InChI=1S/C27H22F2O3/c1-16-12-21-25(31)15-27(10-3-11-27)32-26(21)14-19(16)17-6-8-18(9-7-17)24(30)13-20-22(28)4-2-5-23(20)29/h2,4-9,12,14H,3,10-11,13,15H2,1H3. The van der Waals surface area contributed by atoms with Crippen LogP contribution < -0.4 is 4.74 Å². The fourth-order valence-electron chi connectivity index (χ4n) is 4.61. The second-order valence-electron chi connectivity index (χ2n) is 8.78. The Morgan fingerprint density at radius 1 is 1.00 bits per heavy atom. The summed E-state index contributed by atoms with van der Waals surface area (Å²) in [4.78, 5) is 25.2. The minimum atomic E-state index is -0.724. The number of halogens is 2. The van der Waals surface area contributed by atoms with E-state index >= 15 is 0 Å². The van der Waals surface area contributed by atoms with Crippen molar-refractivity contribution >= 4 is 11.6 Å². The first-order valence-corrected chi connectivity index (χ1v) is 10.8. The minimum absolute atomic E-state index is 0.127. The molecular weight excluding hydrogens is 410 g/mol. The molecule has 3 nitrogen and oxygen atoms in total. The molecule has 1 spiro atoms. The first kappa shape index (κ1) is 20.6. The highest BCUT2D eigenvalue weighted by Crippen LogP contribution is 2.46. The van der Waals surface area contributed by atoms with Crippen LogP contribution in [0.25, 0.3) is 11.1 Å². The van der Waals surface area contributed by atoms with Crippen molar-refractivity contribution < 1.29 is 23.1 Å². The number of Topliss-reactive ketones (excluding diaryl/α,β-unsaturated/α-hetero) is 2. The summed E-state index contributed by atoms with van der Waals surface area (Å²) in [5, 5.41) is 0. The lowest BCUT2D eigenvalue weighted by Gasteiger charge is -2.44. The van der Waals surface area contributed by atoms with Gasteiger partial charge in [0.15, 0.2) is 11.6 Å². The number of hydrogen-bond donors (Lipinski definition) is 0. The molecule has 1 fully saturated rings. The van der Waals surface area contributed by atoms with Crippen LogP contribution in [0.3, 0.4) is 0 Å². The number of aryl methyl sites for hydroxylation is 1. The van der Waals surface area contributed by atoms with Crippen molar-refractivity contribution in [1.82, 2.24) is 0 Å². The lowest BCUT2D eigenvalue weighted by molar-refractivity contribution is -0.0177. The Kier molecular flexibility index (Phi) is 4.92. The lowest BCUT2D eigenvalue weighted by atomic mass is 9.74. The third kappa shape index (κ3) is 3.52. The molecule has 0 unspecified atom stereocenters. The molecule has 1 aliphatic heterocycles. The monoisotopic (exact) mass is 432 g/mol. The molecule has 5 heteroatoms. The van der Waals surface area contributed by atoms with E-state index in [0.717, 1.165) is 48.1 Å². The number of benzene rings is 3. The normalized spacial score (nSPS) is 16.3. The number of hydrogen-bond acceptors (Lipinski definition) is 3. The van der Waals surface area contributed by atoms with E-state index in [9.17, 15) is 18.4 Å². The van der Waals surface area contributed by atoms with Gasteiger partial charge in [-0.2, -0.15) is 0 Å². The SMILES string of the molecule is Cc1cc2c(cc1-c1ccc(C(=O)Cc3c(F)cccc3F)cc1)OC1(CCC1)CC2=O.